The van der Waals surface area contributed by atoms with Gasteiger partial charge in [-0.25, -0.2) is 0 Å². The van der Waals surface area contributed by atoms with E-state index < -0.39 is 41.8 Å². The summed E-state index contributed by atoms with van der Waals surface area (Å²) in [7, 11) is 0. The van der Waals surface area contributed by atoms with E-state index in [0.717, 1.165) is 12.3 Å². The summed E-state index contributed by atoms with van der Waals surface area (Å²) in [6.07, 6.45) is -4.21. The molecule has 0 bridgehead atoms. The maximum Gasteiger partial charge on any atom is 0.421 e. The van der Waals surface area contributed by atoms with Crippen LogP contribution in [0.3, 0.4) is 0 Å². The molecule has 0 spiro atoms. The van der Waals surface area contributed by atoms with E-state index in [4.69, 9.17) is 4.74 Å². The molecular weight excluding hydrogens is 389 g/mol. The van der Waals surface area contributed by atoms with E-state index in [1.54, 1.807) is 44.2 Å². The fourth-order valence-corrected chi connectivity index (χ4v) is 2.69. The number of benzene rings is 1. The van der Waals surface area contributed by atoms with Crippen molar-refractivity contribution in [3.63, 3.8) is 0 Å². The van der Waals surface area contributed by atoms with E-state index in [-0.39, 0.29) is 12.5 Å². The molecule has 0 aliphatic rings. The van der Waals surface area contributed by atoms with Crippen LogP contribution in [0.5, 0.6) is 0 Å². The zero-order chi connectivity index (χ0) is 21.6. The monoisotopic (exact) mass is 410 g/mol. The number of hydrogen-bond donors (Lipinski definition) is 1. The third-order valence-corrected chi connectivity index (χ3v) is 3.91. The van der Waals surface area contributed by atoms with Gasteiger partial charge in [-0.2, -0.15) is 13.2 Å². The van der Waals surface area contributed by atoms with Crippen LogP contribution < -0.4 is 10.9 Å². The van der Waals surface area contributed by atoms with Crippen molar-refractivity contribution in [2.24, 2.45) is 0 Å². The van der Waals surface area contributed by atoms with Gasteiger partial charge >= 0.3 is 12.1 Å². The number of carbonyl (C=O) groups excluding carboxylic acids is 2. The Morgan fingerprint density at radius 2 is 1.76 bits per heavy atom. The molecule has 1 unspecified atom stereocenters. The second kappa shape index (κ2) is 9.40. The Morgan fingerprint density at radius 1 is 1.10 bits per heavy atom. The molecule has 0 fully saturated rings. The molecule has 0 saturated heterocycles. The lowest BCUT2D eigenvalue weighted by molar-refractivity contribution is -0.148. The zero-order valence-electron chi connectivity index (χ0n) is 15.9. The second-order valence-corrected chi connectivity index (χ2v) is 6.63. The topological polar surface area (TPSA) is 77.4 Å². The maximum absolute atomic E-state index is 12.9. The van der Waals surface area contributed by atoms with E-state index in [9.17, 15) is 27.6 Å². The molecule has 1 atom stereocenters. The smallest absolute Gasteiger partial charge is 0.421 e. The molecule has 156 valence electrons. The standard InChI is InChI=1S/C20H21F3N2O4/c1-13(2)29-18(27)11-16(14-7-4-3-5-8-14)24-17(26)12-25-10-6-9-15(19(25)28)20(21,22)23/h3-10,13,16H,11-12H2,1-2H3,(H,24,26). The lowest BCUT2D eigenvalue weighted by Crippen LogP contribution is -2.37. The summed E-state index contributed by atoms with van der Waals surface area (Å²) in [5, 5.41) is 2.59. The molecule has 0 aliphatic carbocycles. The molecule has 2 rings (SSSR count). The van der Waals surface area contributed by atoms with Crippen molar-refractivity contribution in [1.82, 2.24) is 9.88 Å². The van der Waals surface area contributed by atoms with Gasteiger partial charge in [0, 0.05) is 6.20 Å². The normalized spacial score (nSPS) is 12.5. The Hall–Kier alpha value is -3.10. The number of aromatic nitrogens is 1. The zero-order valence-corrected chi connectivity index (χ0v) is 15.9. The highest BCUT2D eigenvalue weighted by Gasteiger charge is 2.34. The fourth-order valence-electron chi connectivity index (χ4n) is 2.69. The van der Waals surface area contributed by atoms with Crippen LogP contribution in [-0.2, 0) is 27.0 Å². The van der Waals surface area contributed by atoms with E-state index in [2.05, 4.69) is 5.32 Å². The predicted octanol–water partition coefficient (Wildman–Crippen LogP) is 3.07. The molecular formula is C20H21F3N2O4. The molecule has 1 amide bonds. The number of hydrogen-bond acceptors (Lipinski definition) is 4. The van der Waals surface area contributed by atoms with Crippen LogP contribution in [0, 0.1) is 0 Å². The van der Waals surface area contributed by atoms with Gasteiger partial charge in [0.05, 0.1) is 18.6 Å². The summed E-state index contributed by atoms with van der Waals surface area (Å²) in [5.74, 6) is -1.25. The number of nitrogens with zero attached hydrogens (tertiary/aromatic N) is 1. The summed E-state index contributed by atoms with van der Waals surface area (Å²) in [5.41, 5.74) is -2.04. The van der Waals surface area contributed by atoms with Gasteiger partial charge in [-0.15, -0.1) is 0 Å². The number of ether oxygens (including phenoxy) is 1. The van der Waals surface area contributed by atoms with Crippen molar-refractivity contribution in [3.05, 3.63) is 70.1 Å². The number of esters is 1. The quantitative estimate of drug-likeness (QED) is 0.712. The predicted molar refractivity (Wildman–Crippen MR) is 98.9 cm³/mol. The molecule has 9 heteroatoms. The highest BCUT2D eigenvalue weighted by molar-refractivity contribution is 5.78. The van der Waals surface area contributed by atoms with Crippen molar-refractivity contribution in [3.8, 4) is 0 Å². The number of halogens is 3. The fraction of sp³-hybridized carbons (Fsp3) is 0.350. The lowest BCUT2D eigenvalue weighted by Gasteiger charge is -2.20. The first-order valence-electron chi connectivity index (χ1n) is 8.88. The highest BCUT2D eigenvalue weighted by Crippen LogP contribution is 2.26. The minimum Gasteiger partial charge on any atom is -0.463 e. The van der Waals surface area contributed by atoms with Crippen molar-refractivity contribution in [1.29, 1.82) is 0 Å². The van der Waals surface area contributed by atoms with E-state index >= 15 is 0 Å². The first-order chi connectivity index (χ1) is 13.6. The van der Waals surface area contributed by atoms with Gasteiger partial charge in [-0.3, -0.25) is 14.4 Å². The van der Waals surface area contributed by atoms with Crippen molar-refractivity contribution >= 4 is 11.9 Å². The minimum atomic E-state index is -4.82. The molecule has 6 nitrogen and oxygen atoms in total. The van der Waals surface area contributed by atoms with Crippen LogP contribution in [0.4, 0.5) is 13.2 Å². The second-order valence-electron chi connectivity index (χ2n) is 6.63. The molecule has 1 heterocycles. The molecule has 0 radical (unpaired) electrons. The SMILES string of the molecule is CC(C)OC(=O)CC(NC(=O)Cn1cccc(C(F)(F)F)c1=O)c1ccccc1. The molecule has 2 aromatic rings. The number of amides is 1. The van der Waals surface area contributed by atoms with Crippen LogP contribution in [0.15, 0.2) is 53.5 Å². The van der Waals surface area contributed by atoms with Crippen LogP contribution >= 0.6 is 0 Å². The first-order valence-corrected chi connectivity index (χ1v) is 8.88. The first kappa shape index (κ1) is 22.2. The van der Waals surface area contributed by atoms with Crippen molar-refractivity contribution in [2.45, 2.75) is 45.1 Å². The number of alkyl halides is 3. The third kappa shape index (κ3) is 6.48. The average Bonchev–Trinajstić information content (AvgIpc) is 2.62. The number of rotatable bonds is 7. The molecule has 0 saturated carbocycles. The largest absolute Gasteiger partial charge is 0.463 e. The van der Waals surface area contributed by atoms with Gasteiger partial charge in [0.2, 0.25) is 5.91 Å². The van der Waals surface area contributed by atoms with Gasteiger partial charge in [-0.05, 0) is 31.5 Å². The molecule has 1 N–H and O–H groups in total. The summed E-state index contributed by atoms with van der Waals surface area (Å²) >= 11 is 0. The van der Waals surface area contributed by atoms with Crippen LogP contribution in [-0.4, -0.2) is 22.5 Å². The summed E-state index contributed by atoms with van der Waals surface area (Å²) < 4.78 is 44.4. The molecule has 1 aromatic heterocycles. The highest BCUT2D eigenvalue weighted by atomic mass is 19.4. The van der Waals surface area contributed by atoms with Crippen LogP contribution in [0.1, 0.15) is 37.4 Å². The Morgan fingerprint density at radius 3 is 2.34 bits per heavy atom. The maximum atomic E-state index is 12.9. The molecule has 0 aliphatic heterocycles. The van der Waals surface area contributed by atoms with Gasteiger partial charge in [0.1, 0.15) is 12.1 Å². The minimum absolute atomic E-state index is 0.161. The Balaban J connectivity index is 2.18. The molecule has 1 aromatic carbocycles. The van der Waals surface area contributed by atoms with E-state index in [1.807, 2.05) is 0 Å². The number of carbonyl (C=O) groups is 2. The average molecular weight is 410 g/mol. The number of nitrogens with one attached hydrogen (secondary N) is 1. The van der Waals surface area contributed by atoms with Gasteiger partial charge < -0.3 is 14.6 Å². The summed E-state index contributed by atoms with van der Waals surface area (Å²) in [6.45, 7) is 2.76. The van der Waals surface area contributed by atoms with Gasteiger partial charge in [-0.1, -0.05) is 30.3 Å². The van der Waals surface area contributed by atoms with Gasteiger partial charge in [0.25, 0.3) is 5.56 Å². The van der Waals surface area contributed by atoms with Crippen LogP contribution in [0.25, 0.3) is 0 Å². The Labute approximate surface area is 165 Å². The van der Waals surface area contributed by atoms with E-state index in [0.29, 0.717) is 16.2 Å². The summed E-state index contributed by atoms with van der Waals surface area (Å²) in [4.78, 5) is 36.4. The Kier molecular flexibility index (Phi) is 7.19. The molecule has 29 heavy (non-hydrogen) atoms. The Bertz CT molecular complexity index is 908. The van der Waals surface area contributed by atoms with Crippen LogP contribution in [0.2, 0.25) is 0 Å². The van der Waals surface area contributed by atoms with Crippen molar-refractivity contribution < 1.29 is 27.5 Å². The third-order valence-electron chi connectivity index (χ3n) is 3.91. The number of pyridine rings is 1. The van der Waals surface area contributed by atoms with E-state index in [1.165, 1.54) is 0 Å². The summed E-state index contributed by atoms with van der Waals surface area (Å²) in [6, 6.07) is 9.55. The lowest BCUT2D eigenvalue weighted by atomic mass is 10.0. The van der Waals surface area contributed by atoms with Crippen molar-refractivity contribution in [2.75, 3.05) is 0 Å². The van der Waals surface area contributed by atoms with Gasteiger partial charge in [0.15, 0.2) is 0 Å².